The zero-order valence-electron chi connectivity index (χ0n) is 11.9. The van der Waals surface area contributed by atoms with Gasteiger partial charge in [-0.05, 0) is 37.7 Å². The zero-order valence-corrected chi connectivity index (χ0v) is 12.7. The number of nitrogens with one attached hydrogen (secondary N) is 2. The van der Waals surface area contributed by atoms with Crippen LogP contribution in [-0.2, 0) is 0 Å². The summed E-state index contributed by atoms with van der Waals surface area (Å²) in [7, 11) is 0. The molecule has 0 saturated carbocycles. The van der Waals surface area contributed by atoms with E-state index in [0.29, 0.717) is 17.8 Å². The summed E-state index contributed by atoms with van der Waals surface area (Å²) in [5.41, 5.74) is 0.878. The van der Waals surface area contributed by atoms with Crippen LogP contribution in [0.3, 0.4) is 0 Å². The van der Waals surface area contributed by atoms with Crippen LogP contribution in [0, 0.1) is 10.1 Å². The lowest BCUT2D eigenvalue weighted by Gasteiger charge is -2.23. The number of carbonyl (C=O) groups excluding carboxylic acids is 1. The minimum Gasteiger partial charge on any atom is -0.376 e. The average Bonchev–Trinajstić information content (AvgIpc) is 2.48. The first-order valence-electron chi connectivity index (χ1n) is 7.02. The average molecular weight is 309 g/mol. The Kier molecular flexibility index (Phi) is 5.44. The van der Waals surface area contributed by atoms with Gasteiger partial charge in [0.1, 0.15) is 5.69 Å². The first kappa shape index (κ1) is 15.6. The maximum Gasteiger partial charge on any atom is 0.292 e. The second-order valence-corrected chi connectivity index (χ2v) is 6.06. The molecule has 6 nitrogen and oxygen atoms in total. The topological polar surface area (TPSA) is 84.3 Å². The third-order valence-corrected chi connectivity index (χ3v) is 4.53. The standard InChI is InChI=1S/C14H19N3O3S/c1-2-15-14(18)10-5-6-13(17(19)20)12(8-10)16-11-4-3-7-21-9-11/h5-6,8,11,16H,2-4,7,9H2,1H3,(H,15,18). The van der Waals surface area contributed by atoms with Gasteiger partial charge in [-0.15, -0.1) is 0 Å². The van der Waals surface area contributed by atoms with E-state index < -0.39 is 4.92 Å². The van der Waals surface area contributed by atoms with E-state index in [9.17, 15) is 14.9 Å². The van der Waals surface area contributed by atoms with E-state index in [1.165, 1.54) is 12.1 Å². The van der Waals surface area contributed by atoms with Crippen LogP contribution in [0.5, 0.6) is 0 Å². The molecule has 1 saturated heterocycles. The summed E-state index contributed by atoms with van der Waals surface area (Å²) in [5, 5.41) is 17.1. The van der Waals surface area contributed by atoms with Crippen molar-refractivity contribution in [3.05, 3.63) is 33.9 Å². The Morgan fingerprint density at radius 1 is 1.52 bits per heavy atom. The number of anilines is 1. The molecule has 1 aliphatic heterocycles. The molecule has 21 heavy (non-hydrogen) atoms. The van der Waals surface area contributed by atoms with Crippen LogP contribution < -0.4 is 10.6 Å². The number of nitro benzene ring substituents is 1. The Labute approximate surface area is 127 Å². The molecule has 1 heterocycles. The van der Waals surface area contributed by atoms with Crippen molar-refractivity contribution in [1.29, 1.82) is 0 Å². The predicted molar refractivity (Wildman–Crippen MR) is 85.1 cm³/mol. The number of thioether (sulfide) groups is 1. The summed E-state index contributed by atoms with van der Waals surface area (Å²) in [4.78, 5) is 22.6. The van der Waals surface area contributed by atoms with Gasteiger partial charge in [0, 0.05) is 30.0 Å². The fourth-order valence-electron chi connectivity index (χ4n) is 2.29. The Hall–Kier alpha value is -1.76. The Balaban J connectivity index is 2.23. The van der Waals surface area contributed by atoms with Crippen molar-refractivity contribution in [1.82, 2.24) is 5.32 Å². The van der Waals surface area contributed by atoms with Crippen LogP contribution in [0.4, 0.5) is 11.4 Å². The highest BCUT2D eigenvalue weighted by Crippen LogP contribution is 2.29. The number of hydrogen-bond acceptors (Lipinski definition) is 5. The quantitative estimate of drug-likeness (QED) is 0.645. The van der Waals surface area contributed by atoms with Crippen molar-refractivity contribution < 1.29 is 9.72 Å². The summed E-state index contributed by atoms with van der Waals surface area (Å²) < 4.78 is 0. The molecule has 1 fully saturated rings. The van der Waals surface area contributed by atoms with Crippen molar-refractivity contribution in [3.8, 4) is 0 Å². The van der Waals surface area contributed by atoms with Gasteiger partial charge < -0.3 is 10.6 Å². The third kappa shape index (κ3) is 4.10. The molecule has 1 aromatic rings. The number of nitrogens with zero attached hydrogens (tertiary/aromatic N) is 1. The summed E-state index contributed by atoms with van der Waals surface area (Å²) >= 11 is 1.84. The normalized spacial score (nSPS) is 18.0. The van der Waals surface area contributed by atoms with Crippen LogP contribution in [0.15, 0.2) is 18.2 Å². The highest BCUT2D eigenvalue weighted by atomic mass is 32.2. The van der Waals surface area contributed by atoms with E-state index in [-0.39, 0.29) is 17.6 Å². The molecular formula is C14H19N3O3S. The maximum absolute atomic E-state index is 11.9. The molecule has 2 N–H and O–H groups in total. The zero-order chi connectivity index (χ0) is 15.2. The predicted octanol–water partition coefficient (Wildman–Crippen LogP) is 2.65. The number of hydrogen-bond donors (Lipinski definition) is 2. The molecule has 1 atom stereocenters. The van der Waals surface area contributed by atoms with Gasteiger partial charge in [-0.3, -0.25) is 14.9 Å². The van der Waals surface area contributed by atoms with Crippen LogP contribution in [0.2, 0.25) is 0 Å². The van der Waals surface area contributed by atoms with Crippen LogP contribution in [0.25, 0.3) is 0 Å². The van der Waals surface area contributed by atoms with Gasteiger partial charge in [0.15, 0.2) is 0 Å². The molecule has 0 radical (unpaired) electrons. The number of rotatable bonds is 5. The molecular weight excluding hydrogens is 290 g/mol. The Morgan fingerprint density at radius 2 is 2.33 bits per heavy atom. The summed E-state index contributed by atoms with van der Waals surface area (Å²) in [6, 6.07) is 4.67. The maximum atomic E-state index is 11.9. The van der Waals surface area contributed by atoms with E-state index in [0.717, 1.165) is 24.3 Å². The largest absolute Gasteiger partial charge is 0.376 e. The molecule has 1 amide bonds. The second kappa shape index (κ2) is 7.31. The number of amides is 1. The van der Waals surface area contributed by atoms with Crippen molar-refractivity contribution >= 4 is 29.0 Å². The van der Waals surface area contributed by atoms with Crippen LogP contribution in [0.1, 0.15) is 30.1 Å². The van der Waals surface area contributed by atoms with Gasteiger partial charge in [0.05, 0.1) is 4.92 Å². The lowest BCUT2D eigenvalue weighted by atomic mass is 10.1. The molecule has 114 valence electrons. The minimum absolute atomic E-state index is 0.0126. The highest BCUT2D eigenvalue weighted by Gasteiger charge is 2.21. The minimum atomic E-state index is -0.417. The van der Waals surface area contributed by atoms with Gasteiger partial charge in [0.25, 0.3) is 11.6 Å². The monoisotopic (exact) mass is 309 g/mol. The molecule has 2 rings (SSSR count). The first-order valence-corrected chi connectivity index (χ1v) is 8.18. The fraction of sp³-hybridized carbons (Fsp3) is 0.500. The molecule has 0 aromatic heterocycles. The molecule has 0 spiro atoms. The van der Waals surface area contributed by atoms with Gasteiger partial charge in [-0.1, -0.05) is 0 Å². The molecule has 7 heteroatoms. The SMILES string of the molecule is CCNC(=O)c1ccc([N+](=O)[O-])c(NC2CCCSC2)c1. The van der Waals surface area contributed by atoms with Crippen LogP contribution >= 0.6 is 11.8 Å². The van der Waals surface area contributed by atoms with E-state index >= 15 is 0 Å². The van der Waals surface area contributed by atoms with Crippen molar-refractivity contribution in [2.24, 2.45) is 0 Å². The van der Waals surface area contributed by atoms with E-state index in [1.54, 1.807) is 6.07 Å². The molecule has 0 aliphatic carbocycles. The molecule has 1 aliphatic rings. The smallest absolute Gasteiger partial charge is 0.292 e. The van der Waals surface area contributed by atoms with Gasteiger partial charge in [-0.25, -0.2) is 0 Å². The fourth-order valence-corrected chi connectivity index (χ4v) is 3.36. The van der Waals surface area contributed by atoms with Crippen molar-refractivity contribution in [2.75, 3.05) is 23.4 Å². The summed E-state index contributed by atoms with van der Waals surface area (Å²) in [5.74, 6) is 1.86. The number of nitro groups is 1. The first-order chi connectivity index (χ1) is 10.1. The summed E-state index contributed by atoms with van der Waals surface area (Å²) in [6.07, 6.45) is 2.10. The van der Waals surface area contributed by atoms with Crippen LogP contribution in [-0.4, -0.2) is 34.9 Å². The molecule has 0 bridgehead atoms. The van der Waals surface area contributed by atoms with Gasteiger partial charge in [-0.2, -0.15) is 11.8 Å². The summed E-state index contributed by atoms with van der Waals surface area (Å²) in [6.45, 7) is 2.36. The van der Waals surface area contributed by atoms with Gasteiger partial charge >= 0.3 is 0 Å². The van der Waals surface area contributed by atoms with E-state index in [1.807, 2.05) is 18.7 Å². The van der Waals surface area contributed by atoms with E-state index in [4.69, 9.17) is 0 Å². The van der Waals surface area contributed by atoms with Crippen molar-refractivity contribution in [3.63, 3.8) is 0 Å². The van der Waals surface area contributed by atoms with Crippen molar-refractivity contribution in [2.45, 2.75) is 25.8 Å². The Bertz CT molecular complexity index is 530. The molecule has 1 aromatic carbocycles. The van der Waals surface area contributed by atoms with E-state index in [2.05, 4.69) is 10.6 Å². The third-order valence-electron chi connectivity index (χ3n) is 3.31. The van der Waals surface area contributed by atoms with Gasteiger partial charge in [0.2, 0.25) is 0 Å². The molecule has 1 unspecified atom stereocenters. The lowest BCUT2D eigenvalue weighted by Crippen LogP contribution is -2.27. The Morgan fingerprint density at radius 3 is 2.95 bits per heavy atom. The lowest BCUT2D eigenvalue weighted by molar-refractivity contribution is -0.384. The number of benzene rings is 1. The number of carbonyl (C=O) groups is 1. The highest BCUT2D eigenvalue weighted by molar-refractivity contribution is 7.99. The second-order valence-electron chi connectivity index (χ2n) is 4.91.